The highest BCUT2D eigenvalue weighted by molar-refractivity contribution is 5.48. The van der Waals surface area contributed by atoms with Gasteiger partial charge in [-0.2, -0.15) is 0 Å². The van der Waals surface area contributed by atoms with Gasteiger partial charge in [-0.1, -0.05) is 0 Å². The van der Waals surface area contributed by atoms with Gasteiger partial charge in [-0.3, -0.25) is 0 Å². The van der Waals surface area contributed by atoms with Crippen molar-refractivity contribution >= 4 is 6.29 Å². The van der Waals surface area contributed by atoms with E-state index in [1.54, 1.807) is 0 Å². The van der Waals surface area contributed by atoms with Crippen LogP contribution in [0.4, 0.5) is 0 Å². The predicted molar refractivity (Wildman–Crippen MR) is 43.1 cm³/mol. The van der Waals surface area contributed by atoms with Crippen LogP contribution in [-0.4, -0.2) is 30.8 Å². The van der Waals surface area contributed by atoms with Crippen LogP contribution in [0.15, 0.2) is 0 Å². The Labute approximate surface area is 63.2 Å². The molecule has 10 heavy (non-hydrogen) atoms. The van der Waals surface area contributed by atoms with Crippen molar-refractivity contribution in [1.29, 1.82) is 0 Å². The molecule has 0 aliphatic heterocycles. The SMILES string of the molecule is CC(C)N(C)CCCC=O. The summed E-state index contributed by atoms with van der Waals surface area (Å²) in [6.07, 6.45) is 2.66. The number of rotatable bonds is 5. The molecular formula is C8H17NO. The summed E-state index contributed by atoms with van der Waals surface area (Å²) in [5.74, 6) is 0. The van der Waals surface area contributed by atoms with E-state index in [1.807, 2.05) is 0 Å². The van der Waals surface area contributed by atoms with Gasteiger partial charge in [0.2, 0.25) is 0 Å². The molecule has 0 unspecified atom stereocenters. The summed E-state index contributed by atoms with van der Waals surface area (Å²) in [7, 11) is 2.08. The highest BCUT2D eigenvalue weighted by Crippen LogP contribution is 1.95. The fourth-order valence-corrected chi connectivity index (χ4v) is 0.682. The number of unbranched alkanes of at least 4 members (excludes halogenated alkanes) is 1. The van der Waals surface area contributed by atoms with Crippen LogP contribution >= 0.6 is 0 Å². The summed E-state index contributed by atoms with van der Waals surface area (Å²) in [5.41, 5.74) is 0. The van der Waals surface area contributed by atoms with E-state index in [0.29, 0.717) is 12.5 Å². The van der Waals surface area contributed by atoms with Crippen LogP contribution in [0.1, 0.15) is 26.7 Å². The average Bonchev–Trinajstić information content (AvgIpc) is 1.88. The summed E-state index contributed by atoms with van der Waals surface area (Å²) in [4.78, 5) is 12.2. The quantitative estimate of drug-likeness (QED) is 0.427. The molecule has 0 amide bonds. The van der Waals surface area contributed by atoms with Crippen LogP contribution in [0.3, 0.4) is 0 Å². The summed E-state index contributed by atoms with van der Waals surface area (Å²) >= 11 is 0. The molecule has 0 rings (SSSR count). The minimum absolute atomic E-state index is 0.589. The maximum Gasteiger partial charge on any atom is 0.120 e. The normalized spacial score (nSPS) is 10.9. The molecule has 0 bridgehead atoms. The zero-order valence-electron chi connectivity index (χ0n) is 7.13. The van der Waals surface area contributed by atoms with Crippen molar-refractivity contribution in [3.05, 3.63) is 0 Å². The van der Waals surface area contributed by atoms with E-state index in [4.69, 9.17) is 0 Å². The summed E-state index contributed by atoms with van der Waals surface area (Å²) < 4.78 is 0. The lowest BCUT2D eigenvalue weighted by atomic mass is 10.3. The van der Waals surface area contributed by atoms with Crippen LogP contribution in [-0.2, 0) is 4.79 Å². The van der Waals surface area contributed by atoms with E-state index in [2.05, 4.69) is 25.8 Å². The van der Waals surface area contributed by atoms with Gasteiger partial charge in [-0.25, -0.2) is 0 Å². The van der Waals surface area contributed by atoms with E-state index < -0.39 is 0 Å². The summed E-state index contributed by atoms with van der Waals surface area (Å²) in [5, 5.41) is 0. The second kappa shape index (κ2) is 5.42. The van der Waals surface area contributed by atoms with Crippen LogP contribution in [0, 0.1) is 0 Å². The van der Waals surface area contributed by atoms with Gasteiger partial charge in [0.25, 0.3) is 0 Å². The molecule has 0 spiro atoms. The van der Waals surface area contributed by atoms with E-state index in [9.17, 15) is 4.79 Å². The van der Waals surface area contributed by atoms with Crippen molar-refractivity contribution in [1.82, 2.24) is 4.90 Å². The third kappa shape index (κ3) is 4.50. The van der Waals surface area contributed by atoms with Crippen molar-refractivity contribution in [3.8, 4) is 0 Å². The maximum atomic E-state index is 9.94. The van der Waals surface area contributed by atoms with Crippen molar-refractivity contribution in [3.63, 3.8) is 0 Å². The Balaban J connectivity index is 3.21. The number of carbonyl (C=O) groups is 1. The highest BCUT2D eigenvalue weighted by atomic mass is 16.1. The fourth-order valence-electron chi connectivity index (χ4n) is 0.682. The first-order chi connectivity index (χ1) is 4.68. The largest absolute Gasteiger partial charge is 0.304 e. The Morgan fingerprint density at radius 3 is 2.50 bits per heavy atom. The molecule has 0 heterocycles. The van der Waals surface area contributed by atoms with Crippen molar-refractivity contribution < 1.29 is 4.79 Å². The number of aldehydes is 1. The minimum atomic E-state index is 0.589. The third-order valence-electron chi connectivity index (χ3n) is 1.71. The lowest BCUT2D eigenvalue weighted by Gasteiger charge is -2.19. The van der Waals surface area contributed by atoms with E-state index in [-0.39, 0.29) is 0 Å². The van der Waals surface area contributed by atoms with E-state index in [0.717, 1.165) is 19.3 Å². The zero-order chi connectivity index (χ0) is 7.98. The van der Waals surface area contributed by atoms with Crippen molar-refractivity contribution in [2.24, 2.45) is 0 Å². The molecule has 0 atom stereocenters. The molecule has 0 aromatic carbocycles. The van der Waals surface area contributed by atoms with Crippen molar-refractivity contribution in [2.75, 3.05) is 13.6 Å². The van der Waals surface area contributed by atoms with Gasteiger partial charge in [0.15, 0.2) is 0 Å². The van der Waals surface area contributed by atoms with Crippen LogP contribution < -0.4 is 0 Å². The molecule has 0 aliphatic rings. The fraction of sp³-hybridized carbons (Fsp3) is 0.875. The molecule has 0 aliphatic carbocycles. The topological polar surface area (TPSA) is 20.3 Å². The Morgan fingerprint density at radius 1 is 1.50 bits per heavy atom. The van der Waals surface area contributed by atoms with Crippen LogP contribution in [0.5, 0.6) is 0 Å². The first kappa shape index (κ1) is 9.63. The summed E-state index contributed by atoms with van der Waals surface area (Å²) in [6.45, 7) is 5.33. The molecule has 0 aromatic heterocycles. The number of hydrogen-bond donors (Lipinski definition) is 0. The van der Waals surface area contributed by atoms with Crippen LogP contribution in [0.25, 0.3) is 0 Å². The molecular weight excluding hydrogens is 126 g/mol. The van der Waals surface area contributed by atoms with E-state index in [1.165, 1.54) is 0 Å². The van der Waals surface area contributed by atoms with Gasteiger partial charge in [-0.05, 0) is 33.9 Å². The van der Waals surface area contributed by atoms with Crippen LogP contribution in [0.2, 0.25) is 0 Å². The number of hydrogen-bond acceptors (Lipinski definition) is 2. The van der Waals surface area contributed by atoms with Crippen molar-refractivity contribution in [2.45, 2.75) is 32.7 Å². The predicted octanol–water partition coefficient (Wildman–Crippen LogP) is 1.31. The van der Waals surface area contributed by atoms with Gasteiger partial charge in [0.1, 0.15) is 6.29 Å². The third-order valence-corrected chi connectivity index (χ3v) is 1.71. The lowest BCUT2D eigenvalue weighted by molar-refractivity contribution is -0.108. The molecule has 0 radical (unpaired) electrons. The lowest BCUT2D eigenvalue weighted by Crippen LogP contribution is -2.27. The van der Waals surface area contributed by atoms with E-state index >= 15 is 0 Å². The highest BCUT2D eigenvalue weighted by Gasteiger charge is 2.00. The standard InChI is InChI=1S/C8H17NO/c1-8(2)9(3)6-4-5-7-10/h7-8H,4-6H2,1-3H3. The number of nitrogens with zero attached hydrogens (tertiary/aromatic N) is 1. The molecule has 2 nitrogen and oxygen atoms in total. The van der Waals surface area contributed by atoms with Gasteiger partial charge in [0, 0.05) is 12.5 Å². The minimum Gasteiger partial charge on any atom is -0.304 e. The monoisotopic (exact) mass is 143 g/mol. The molecule has 0 saturated carbocycles. The van der Waals surface area contributed by atoms with Gasteiger partial charge in [-0.15, -0.1) is 0 Å². The van der Waals surface area contributed by atoms with Gasteiger partial charge in [0.05, 0.1) is 0 Å². The van der Waals surface area contributed by atoms with Gasteiger partial charge < -0.3 is 9.69 Å². The van der Waals surface area contributed by atoms with Gasteiger partial charge >= 0.3 is 0 Å². The maximum absolute atomic E-state index is 9.94. The molecule has 0 N–H and O–H groups in total. The zero-order valence-corrected chi connectivity index (χ0v) is 7.13. The second-order valence-electron chi connectivity index (χ2n) is 2.88. The Bertz CT molecular complexity index is 91.3. The molecule has 60 valence electrons. The summed E-state index contributed by atoms with van der Waals surface area (Å²) in [6, 6.07) is 0.589. The first-order valence-corrected chi connectivity index (χ1v) is 3.82. The number of carbonyl (C=O) groups excluding carboxylic acids is 1. The first-order valence-electron chi connectivity index (χ1n) is 3.82. The Morgan fingerprint density at radius 2 is 2.10 bits per heavy atom. The molecule has 2 heteroatoms. The molecule has 0 fully saturated rings. The second-order valence-corrected chi connectivity index (χ2v) is 2.88. The Kier molecular flexibility index (Phi) is 5.22. The average molecular weight is 143 g/mol. The molecule has 0 aromatic rings. The smallest absolute Gasteiger partial charge is 0.120 e. The Hall–Kier alpha value is -0.370. The molecule has 0 saturated heterocycles.